The number of carbonyl (C=O) groups excluding carboxylic acids is 3. The van der Waals surface area contributed by atoms with Gasteiger partial charge in [-0.2, -0.15) is 9.97 Å². The van der Waals surface area contributed by atoms with Crippen LogP contribution in [-0.2, 0) is 28.2 Å². The van der Waals surface area contributed by atoms with Gasteiger partial charge in [-0.1, -0.05) is 11.4 Å². The third-order valence-electron chi connectivity index (χ3n) is 6.39. The van der Waals surface area contributed by atoms with Gasteiger partial charge in [-0.05, 0) is 34.6 Å². The number of hydrogen-bond acceptors (Lipinski definition) is 14. The van der Waals surface area contributed by atoms with Crippen molar-refractivity contribution in [2.24, 2.45) is 0 Å². The molecular weight excluding hydrogens is 614 g/mol. The van der Waals surface area contributed by atoms with Gasteiger partial charge in [-0.3, -0.25) is 24.0 Å². The molecule has 7 atom stereocenters. The number of rotatable bonds is 13. The molecule has 0 spiro atoms. The van der Waals surface area contributed by atoms with Gasteiger partial charge >= 0.3 is 18.7 Å². The first-order valence-electron chi connectivity index (χ1n) is 13.3. The third-order valence-corrected chi connectivity index (χ3v) is 10.5. The van der Waals surface area contributed by atoms with Crippen molar-refractivity contribution in [1.29, 1.82) is 0 Å². The Morgan fingerprint density at radius 1 is 1.37 bits per heavy atom. The second-order valence-corrected chi connectivity index (χ2v) is 14.5. The maximum Gasteiger partial charge on any atom is 0.327 e. The number of urea groups is 1. The number of carbonyl (C=O) groups is 3. The molecule has 0 radical (unpaired) electrons. The van der Waals surface area contributed by atoms with Gasteiger partial charge in [-0.15, -0.1) is 0 Å². The van der Waals surface area contributed by atoms with Crippen molar-refractivity contribution in [3.8, 4) is 5.88 Å². The number of aromatic nitrogens is 4. The normalized spacial score (nSPS) is 27.6. The largest absolute Gasteiger partial charge is 0.476 e. The Kier molecular flexibility index (Phi) is 9.82. The van der Waals surface area contributed by atoms with Crippen LogP contribution in [0.25, 0.3) is 11.2 Å². The highest BCUT2D eigenvalue weighted by atomic mass is 32.7. The van der Waals surface area contributed by atoms with E-state index in [1.165, 1.54) is 17.8 Å². The van der Waals surface area contributed by atoms with E-state index in [-0.39, 0.29) is 35.4 Å². The molecule has 2 saturated heterocycles. The number of alkyl halides is 1. The van der Waals surface area contributed by atoms with Gasteiger partial charge in [0.2, 0.25) is 11.8 Å². The molecule has 0 aliphatic carbocycles. The van der Waals surface area contributed by atoms with Crippen molar-refractivity contribution in [2.45, 2.75) is 76.9 Å². The molecule has 0 saturated carbocycles. The Hall–Kier alpha value is -3.09. The Balaban J connectivity index is 1.53. The molecule has 2 fully saturated rings. The summed E-state index contributed by atoms with van der Waals surface area (Å²) in [4.78, 5) is 48.2. The van der Waals surface area contributed by atoms with Crippen LogP contribution in [0.3, 0.4) is 0 Å². The van der Waals surface area contributed by atoms with Gasteiger partial charge < -0.3 is 34.9 Å². The van der Waals surface area contributed by atoms with E-state index >= 15 is 4.39 Å². The predicted molar refractivity (Wildman–Crippen MR) is 151 cm³/mol. The zero-order chi connectivity index (χ0) is 31.7. The van der Waals surface area contributed by atoms with Crippen LogP contribution >= 0.6 is 18.1 Å². The van der Waals surface area contributed by atoms with Crippen LogP contribution in [0.5, 0.6) is 5.88 Å². The zero-order valence-corrected chi connectivity index (χ0v) is 25.7. The number of aliphatic hydroxyl groups excluding tert-OH is 1. The second-order valence-electron chi connectivity index (χ2n) is 10.2. The molecule has 4 heterocycles. The summed E-state index contributed by atoms with van der Waals surface area (Å²) in [5, 5.41) is 17.9. The fraction of sp³-hybridized carbons (Fsp3) is 0.652. The quantitative estimate of drug-likeness (QED) is 0.115. The van der Waals surface area contributed by atoms with Crippen LogP contribution in [0.1, 0.15) is 40.8 Å². The lowest BCUT2D eigenvalue weighted by atomic mass is 9.98. The van der Waals surface area contributed by atoms with Gasteiger partial charge in [0.05, 0.1) is 25.6 Å². The van der Waals surface area contributed by atoms with Gasteiger partial charge in [0.15, 0.2) is 23.1 Å². The van der Waals surface area contributed by atoms with Crippen LogP contribution in [0.4, 0.5) is 15.1 Å². The molecule has 238 valence electrons. The minimum Gasteiger partial charge on any atom is -0.476 e. The number of esters is 1. The summed E-state index contributed by atoms with van der Waals surface area (Å²) < 4.78 is 53.3. The molecular formula is C23H34FN8O9PS. The van der Waals surface area contributed by atoms with E-state index in [4.69, 9.17) is 24.5 Å². The highest BCUT2D eigenvalue weighted by molar-refractivity contribution is 8.56. The highest BCUT2D eigenvalue weighted by Gasteiger charge is 2.56. The Bertz CT molecular complexity index is 1430. The topological polar surface area (TPSA) is 231 Å². The first-order valence-corrected chi connectivity index (χ1v) is 16.5. The van der Waals surface area contributed by atoms with Crippen molar-refractivity contribution in [3.05, 3.63) is 6.33 Å². The van der Waals surface area contributed by atoms with Crippen molar-refractivity contribution in [1.82, 2.24) is 35.2 Å². The number of amides is 3. The maximum absolute atomic E-state index is 16.0. The lowest BCUT2D eigenvalue weighted by Crippen LogP contribution is -2.41. The number of ether oxygens (including phenoxy) is 3. The number of nitrogen functional groups attached to an aromatic ring is 1. The van der Waals surface area contributed by atoms with Crippen molar-refractivity contribution < 1.29 is 47.2 Å². The average molecular weight is 649 g/mol. The van der Waals surface area contributed by atoms with E-state index in [1.54, 1.807) is 20.8 Å². The van der Waals surface area contributed by atoms with E-state index < -0.39 is 73.5 Å². The van der Waals surface area contributed by atoms with E-state index in [0.717, 1.165) is 6.92 Å². The molecule has 0 bridgehead atoms. The standard InChI is InChI=1S/C23H34FN8O9PS/c1-6-38-18-14-16(28-21(25)30-18)32(9-26-14)20-23(5,24)15(33)13(41-20)7-39-42(37,31-11(4)19(35)40-10(2)3)43-8-12-17(34)29-22(36)27-12/h9-13,15,20,33H,6-8H2,1-5H3,(H,31,37)(H2,25,28,30)(H2,27,29,34,36)/t11-,12-,13+,15+,20+,23+,42-/m0/s1. The fourth-order valence-electron chi connectivity index (χ4n) is 4.32. The van der Waals surface area contributed by atoms with Crippen LogP contribution in [-0.4, -0.2) is 97.6 Å². The molecule has 3 amide bonds. The molecule has 17 nitrogen and oxygen atoms in total. The van der Waals surface area contributed by atoms with E-state index in [2.05, 4.69) is 30.7 Å². The van der Waals surface area contributed by atoms with Crippen molar-refractivity contribution >= 4 is 53.1 Å². The number of imidazole rings is 1. The number of halogens is 1. The lowest BCUT2D eigenvalue weighted by Gasteiger charge is -2.25. The molecule has 2 aromatic heterocycles. The molecule has 6 N–H and O–H groups in total. The smallest absolute Gasteiger partial charge is 0.327 e. The second kappa shape index (κ2) is 12.9. The Labute approximate surface area is 249 Å². The van der Waals surface area contributed by atoms with Gasteiger partial charge in [-0.25, -0.2) is 19.3 Å². The molecule has 2 aliphatic heterocycles. The summed E-state index contributed by atoms with van der Waals surface area (Å²) in [6, 6.07) is -2.86. The Morgan fingerprint density at radius 3 is 2.72 bits per heavy atom. The lowest BCUT2D eigenvalue weighted by molar-refractivity contribution is -0.149. The number of aliphatic hydroxyl groups is 1. The molecule has 2 aromatic rings. The number of nitrogens with zero attached hydrogens (tertiary/aromatic N) is 4. The van der Waals surface area contributed by atoms with Gasteiger partial charge in [0, 0.05) is 5.75 Å². The van der Waals surface area contributed by atoms with Gasteiger partial charge in [0.25, 0.3) is 5.91 Å². The van der Waals surface area contributed by atoms with E-state index in [1.807, 2.05) is 0 Å². The molecule has 20 heteroatoms. The summed E-state index contributed by atoms with van der Waals surface area (Å²) in [5.41, 5.74) is 3.68. The fourth-order valence-corrected chi connectivity index (χ4v) is 8.19. The summed E-state index contributed by atoms with van der Waals surface area (Å²) in [6.07, 6.45) is -3.81. The first-order chi connectivity index (χ1) is 20.1. The van der Waals surface area contributed by atoms with Crippen LogP contribution in [0, 0.1) is 0 Å². The number of anilines is 1. The van der Waals surface area contributed by atoms with Crippen molar-refractivity contribution in [2.75, 3.05) is 24.7 Å². The number of nitrogens with one attached hydrogen (secondary N) is 3. The minimum atomic E-state index is -4.08. The Morgan fingerprint density at radius 2 is 2.09 bits per heavy atom. The molecule has 2 aliphatic rings. The van der Waals surface area contributed by atoms with Crippen molar-refractivity contribution in [3.63, 3.8) is 0 Å². The summed E-state index contributed by atoms with van der Waals surface area (Å²) in [6.45, 7) is 3.10. The predicted octanol–water partition coefficient (Wildman–Crippen LogP) is 0.789. The molecule has 4 rings (SSSR count). The zero-order valence-electron chi connectivity index (χ0n) is 24.0. The molecule has 0 unspecified atom stereocenters. The minimum absolute atomic E-state index is 0.0871. The van der Waals surface area contributed by atoms with Crippen LogP contribution in [0.15, 0.2) is 6.33 Å². The number of nitrogens with two attached hydrogens (primary N) is 1. The molecule has 43 heavy (non-hydrogen) atoms. The summed E-state index contributed by atoms with van der Waals surface area (Å²) in [5.74, 6) is -1.62. The van der Waals surface area contributed by atoms with E-state index in [0.29, 0.717) is 11.4 Å². The van der Waals surface area contributed by atoms with E-state index in [9.17, 15) is 24.1 Å². The maximum atomic E-state index is 16.0. The number of imide groups is 1. The van der Waals surface area contributed by atoms with Crippen LogP contribution < -0.4 is 26.2 Å². The third kappa shape index (κ3) is 7.18. The number of fused-ring (bicyclic) bond motifs is 1. The summed E-state index contributed by atoms with van der Waals surface area (Å²) >= 11 is 0.632. The average Bonchev–Trinajstić information content (AvgIpc) is 3.54. The molecule has 0 aromatic carbocycles. The highest BCUT2D eigenvalue weighted by Crippen LogP contribution is 2.57. The van der Waals surface area contributed by atoms with Crippen LogP contribution in [0.2, 0.25) is 0 Å². The SMILES string of the molecule is CCOc1nc(N)nc2c1ncn2[C@@H]1O[C@H](CO[P@@](=O)(N[C@@H](C)C(=O)OC(C)C)SC[C@@H]2NC(=O)NC2=O)[C@@H](O)[C@@]1(C)F. The number of hydrogen-bond donors (Lipinski definition) is 5. The van der Waals surface area contributed by atoms with Gasteiger partial charge in [0.1, 0.15) is 24.3 Å². The summed E-state index contributed by atoms with van der Waals surface area (Å²) in [7, 11) is 0. The first kappa shape index (κ1) is 32.8. The monoisotopic (exact) mass is 648 g/mol.